The van der Waals surface area contributed by atoms with Gasteiger partial charge in [0.1, 0.15) is 0 Å². The van der Waals surface area contributed by atoms with E-state index < -0.39 is 0 Å². The molecule has 0 bridgehead atoms. The van der Waals surface area contributed by atoms with Crippen molar-refractivity contribution in [2.75, 3.05) is 0 Å². The monoisotopic (exact) mass is 162 g/mol. The first kappa shape index (κ1) is 10.3. The predicted molar refractivity (Wildman–Crippen MR) is 48.1 cm³/mol. The molecule has 0 aliphatic carbocycles. The molecule has 0 unspecified atom stereocenters. The molecule has 0 saturated carbocycles. The van der Waals surface area contributed by atoms with E-state index in [9.17, 15) is 4.91 Å². The van der Waals surface area contributed by atoms with Crippen LogP contribution in [0.25, 0.3) is 0 Å². The highest BCUT2D eigenvalue weighted by atomic mass is 16.3. The van der Waals surface area contributed by atoms with E-state index in [-0.39, 0.29) is 0 Å². The van der Waals surface area contributed by atoms with Crippen molar-refractivity contribution in [3.05, 3.63) is 40.5 Å². The van der Waals surface area contributed by atoms with Gasteiger partial charge in [-0.15, -0.1) is 4.91 Å². The maximum absolute atomic E-state index is 9.92. The van der Waals surface area contributed by atoms with Gasteiger partial charge in [0.15, 0.2) is 0 Å². The first-order valence-corrected chi connectivity index (χ1v) is 3.39. The summed E-state index contributed by atoms with van der Waals surface area (Å²) >= 11 is 0. The van der Waals surface area contributed by atoms with Gasteiger partial charge in [0.2, 0.25) is 0 Å². The average molecular weight is 162 g/mol. The summed E-state index contributed by atoms with van der Waals surface area (Å²) in [4.78, 5) is 9.92. The largest absolute Gasteiger partial charge is 0.192 e. The molecule has 0 aliphatic rings. The highest BCUT2D eigenvalue weighted by Crippen LogP contribution is 2.06. The maximum Gasteiger partial charge on any atom is 0.0988 e. The molecule has 3 nitrogen and oxygen atoms in total. The smallest absolute Gasteiger partial charge is 0.0988 e. The average Bonchev–Trinajstić information content (AvgIpc) is 2.11. The van der Waals surface area contributed by atoms with Gasteiger partial charge in [-0.3, -0.25) is 0 Å². The van der Waals surface area contributed by atoms with Gasteiger partial charge >= 0.3 is 0 Å². The summed E-state index contributed by atoms with van der Waals surface area (Å²) in [6.45, 7) is 6.85. The molecule has 0 aromatic rings. The lowest BCUT2D eigenvalue weighted by atomic mass is 10.1. The first-order valence-electron chi connectivity index (χ1n) is 3.39. The van der Waals surface area contributed by atoms with Gasteiger partial charge in [0.25, 0.3) is 0 Å². The minimum absolute atomic E-state index is 0.375. The van der Waals surface area contributed by atoms with Crippen LogP contribution in [0.15, 0.2) is 40.8 Å². The fourth-order valence-electron chi connectivity index (χ4n) is 0.465. The third kappa shape index (κ3) is 3.47. The van der Waals surface area contributed by atoms with Gasteiger partial charge in [0, 0.05) is 5.57 Å². The third-order valence-electron chi connectivity index (χ3n) is 1.33. The van der Waals surface area contributed by atoms with Crippen molar-refractivity contribution in [1.29, 1.82) is 5.26 Å². The lowest BCUT2D eigenvalue weighted by Crippen LogP contribution is -1.77. The topological polar surface area (TPSA) is 53.2 Å². The Labute approximate surface area is 71.7 Å². The first-order chi connectivity index (χ1) is 5.61. The molecule has 0 fully saturated rings. The summed E-state index contributed by atoms with van der Waals surface area (Å²) in [5, 5.41) is 11.1. The fourth-order valence-corrected chi connectivity index (χ4v) is 0.465. The van der Waals surface area contributed by atoms with Crippen LogP contribution < -0.4 is 0 Å². The molecule has 0 radical (unpaired) electrons. The molecule has 0 aromatic heterocycles. The molecule has 0 aliphatic heterocycles. The zero-order chi connectivity index (χ0) is 9.56. The maximum atomic E-state index is 9.92. The molecule has 0 N–H and O–H groups in total. The fraction of sp³-hybridized carbons (Fsp3) is 0.222. The van der Waals surface area contributed by atoms with Crippen molar-refractivity contribution in [3.8, 4) is 6.07 Å². The molecule has 0 rings (SSSR count). The highest BCUT2D eigenvalue weighted by molar-refractivity contribution is 5.39. The number of nitrogens with zero attached hydrogens (tertiary/aromatic N) is 2. The SMILES string of the molecule is C=C(C#N)/C(C)=C\C=C(\C)N=O. The number of allylic oxidation sites excluding steroid dienone is 5. The van der Waals surface area contributed by atoms with E-state index in [0.717, 1.165) is 5.57 Å². The summed E-state index contributed by atoms with van der Waals surface area (Å²) in [5.74, 6) is 0. The molecule has 0 atom stereocenters. The van der Waals surface area contributed by atoms with Gasteiger partial charge in [-0.05, 0) is 30.7 Å². The van der Waals surface area contributed by atoms with E-state index >= 15 is 0 Å². The van der Waals surface area contributed by atoms with Crippen LogP contribution in [0.4, 0.5) is 0 Å². The summed E-state index contributed by atoms with van der Waals surface area (Å²) in [5.41, 5.74) is 1.51. The number of rotatable bonds is 3. The van der Waals surface area contributed by atoms with Crippen molar-refractivity contribution in [2.45, 2.75) is 13.8 Å². The van der Waals surface area contributed by atoms with Crippen LogP contribution in [0.2, 0.25) is 0 Å². The van der Waals surface area contributed by atoms with Gasteiger partial charge in [0.05, 0.1) is 11.8 Å². The molecule has 0 heterocycles. The van der Waals surface area contributed by atoms with Crippen LogP contribution in [0, 0.1) is 16.2 Å². The highest BCUT2D eigenvalue weighted by Gasteiger charge is 1.91. The van der Waals surface area contributed by atoms with E-state index in [1.54, 1.807) is 26.0 Å². The quantitative estimate of drug-likeness (QED) is 0.364. The van der Waals surface area contributed by atoms with E-state index in [0.29, 0.717) is 11.3 Å². The second-order valence-electron chi connectivity index (χ2n) is 2.34. The van der Waals surface area contributed by atoms with Crippen molar-refractivity contribution in [2.24, 2.45) is 5.18 Å². The Morgan fingerprint density at radius 2 is 2.08 bits per heavy atom. The van der Waals surface area contributed by atoms with Crippen molar-refractivity contribution >= 4 is 0 Å². The lowest BCUT2D eigenvalue weighted by molar-refractivity contribution is 1.28. The van der Waals surface area contributed by atoms with Crippen LogP contribution >= 0.6 is 0 Å². The Morgan fingerprint density at radius 3 is 2.50 bits per heavy atom. The van der Waals surface area contributed by atoms with E-state index in [1.165, 1.54) is 0 Å². The number of hydrogen-bond donors (Lipinski definition) is 0. The van der Waals surface area contributed by atoms with Crippen LogP contribution in [0.1, 0.15) is 13.8 Å². The standard InChI is InChI=1S/C9H10N2O/c1-7(8(2)6-10)4-5-9(3)11-12/h4-5H,2H2,1,3H3/b7-4-,9-5-. The van der Waals surface area contributed by atoms with Crippen LogP contribution in [0.5, 0.6) is 0 Å². The Morgan fingerprint density at radius 1 is 1.50 bits per heavy atom. The number of nitroso groups, excluding NO2 is 1. The molecular weight excluding hydrogens is 152 g/mol. The van der Waals surface area contributed by atoms with E-state index in [1.807, 2.05) is 6.07 Å². The van der Waals surface area contributed by atoms with Crippen LogP contribution in [-0.4, -0.2) is 0 Å². The summed E-state index contributed by atoms with van der Waals surface area (Å²) in [6.07, 6.45) is 3.19. The molecule has 0 saturated heterocycles. The van der Waals surface area contributed by atoms with Gasteiger partial charge in [-0.1, -0.05) is 12.7 Å². The van der Waals surface area contributed by atoms with E-state index in [4.69, 9.17) is 5.26 Å². The predicted octanol–water partition coefficient (Wildman–Crippen LogP) is 2.68. The molecule has 0 spiro atoms. The summed E-state index contributed by atoms with van der Waals surface area (Å²) in [6, 6.07) is 1.91. The summed E-state index contributed by atoms with van der Waals surface area (Å²) in [7, 11) is 0. The molecule has 0 aromatic carbocycles. The molecular formula is C9H10N2O. The Kier molecular flexibility index (Phi) is 4.32. The molecule has 62 valence electrons. The minimum Gasteiger partial charge on any atom is -0.192 e. The Balaban J connectivity index is 4.50. The summed E-state index contributed by atoms with van der Waals surface area (Å²) < 4.78 is 0. The van der Waals surface area contributed by atoms with Gasteiger partial charge in [-0.25, -0.2) is 0 Å². The minimum atomic E-state index is 0.375. The normalized spacial score (nSPS) is 12.1. The number of hydrogen-bond acceptors (Lipinski definition) is 3. The molecule has 3 heteroatoms. The van der Waals surface area contributed by atoms with Crippen LogP contribution in [-0.2, 0) is 0 Å². The zero-order valence-electron chi connectivity index (χ0n) is 7.16. The van der Waals surface area contributed by atoms with Crippen molar-refractivity contribution < 1.29 is 0 Å². The van der Waals surface area contributed by atoms with Crippen molar-refractivity contribution in [3.63, 3.8) is 0 Å². The Hall–Kier alpha value is -1.69. The molecule has 0 amide bonds. The van der Waals surface area contributed by atoms with Crippen LogP contribution in [0.3, 0.4) is 0 Å². The van der Waals surface area contributed by atoms with E-state index in [2.05, 4.69) is 11.8 Å². The second-order valence-corrected chi connectivity index (χ2v) is 2.34. The zero-order valence-corrected chi connectivity index (χ0v) is 7.16. The molecule has 12 heavy (non-hydrogen) atoms. The Bertz CT molecular complexity index is 292. The number of nitriles is 1. The third-order valence-corrected chi connectivity index (χ3v) is 1.33. The van der Waals surface area contributed by atoms with Gasteiger partial charge in [-0.2, -0.15) is 5.26 Å². The second kappa shape index (κ2) is 5.03. The van der Waals surface area contributed by atoms with Gasteiger partial charge < -0.3 is 0 Å². The lowest BCUT2D eigenvalue weighted by Gasteiger charge is -1.91. The van der Waals surface area contributed by atoms with Crippen molar-refractivity contribution in [1.82, 2.24) is 0 Å².